The summed E-state index contributed by atoms with van der Waals surface area (Å²) < 4.78 is 29.1. The van der Waals surface area contributed by atoms with Gasteiger partial charge in [0.05, 0.1) is 17.1 Å². The first kappa shape index (κ1) is 20.3. The summed E-state index contributed by atoms with van der Waals surface area (Å²) in [6, 6.07) is 6.95. The van der Waals surface area contributed by atoms with Crippen LogP contribution in [-0.2, 0) is 21.9 Å². The smallest absolute Gasteiger partial charge is 0.244 e. The minimum atomic E-state index is -3.52. The Morgan fingerprint density at radius 1 is 1.14 bits per heavy atom. The second-order valence-corrected chi connectivity index (χ2v) is 9.05. The minimum absolute atomic E-state index is 0.0243. The number of aryl methyl sites for hydroxylation is 3. The summed E-state index contributed by atoms with van der Waals surface area (Å²) in [6.07, 6.45) is 2.85. The standard InChI is InChI=1S/C19H27N5O3S/c1-14-7-8-16(12-17(14)28(26,27)24-9-5-4-6-10-24)20-13-19(25)21-18-11-15(2)22-23(18)3/h7-8,11-12,20H,4-6,9-10,13H2,1-3H3,(H,21,25). The SMILES string of the molecule is Cc1cc(NC(=O)CNc2ccc(C)c(S(=O)(=O)N3CCCCC3)c2)n(C)n1. The molecule has 1 aromatic carbocycles. The van der Waals surface area contributed by atoms with E-state index in [1.807, 2.05) is 6.92 Å². The Labute approximate surface area is 166 Å². The van der Waals surface area contributed by atoms with Gasteiger partial charge in [0.2, 0.25) is 15.9 Å². The quantitative estimate of drug-likeness (QED) is 0.768. The molecule has 2 heterocycles. The molecule has 0 bridgehead atoms. The van der Waals surface area contributed by atoms with Crippen LogP contribution in [0, 0.1) is 13.8 Å². The van der Waals surface area contributed by atoms with E-state index in [9.17, 15) is 13.2 Å². The average Bonchev–Trinajstić information content (AvgIpc) is 2.98. The Kier molecular flexibility index (Phi) is 6.04. The maximum Gasteiger partial charge on any atom is 0.244 e. The average molecular weight is 406 g/mol. The number of piperidine rings is 1. The van der Waals surface area contributed by atoms with Crippen molar-refractivity contribution in [3.05, 3.63) is 35.5 Å². The van der Waals surface area contributed by atoms with E-state index in [0.29, 0.717) is 35.1 Å². The molecule has 0 radical (unpaired) electrons. The zero-order valence-electron chi connectivity index (χ0n) is 16.5. The fraction of sp³-hybridized carbons (Fsp3) is 0.474. The molecule has 0 unspecified atom stereocenters. The van der Waals surface area contributed by atoms with Crippen LogP contribution in [0.4, 0.5) is 11.5 Å². The highest BCUT2D eigenvalue weighted by atomic mass is 32.2. The van der Waals surface area contributed by atoms with E-state index in [1.165, 1.54) is 0 Å². The maximum absolute atomic E-state index is 13.0. The van der Waals surface area contributed by atoms with Crippen LogP contribution >= 0.6 is 0 Å². The van der Waals surface area contributed by atoms with Gasteiger partial charge in [-0.3, -0.25) is 9.48 Å². The van der Waals surface area contributed by atoms with Gasteiger partial charge in [-0.05, 0) is 44.4 Å². The third-order valence-electron chi connectivity index (χ3n) is 4.84. The number of nitrogens with one attached hydrogen (secondary N) is 2. The van der Waals surface area contributed by atoms with Crippen molar-refractivity contribution in [3.8, 4) is 0 Å². The molecule has 0 spiro atoms. The summed E-state index contributed by atoms with van der Waals surface area (Å²) in [5, 5.41) is 9.98. The van der Waals surface area contributed by atoms with Gasteiger partial charge < -0.3 is 10.6 Å². The summed E-state index contributed by atoms with van der Waals surface area (Å²) >= 11 is 0. The lowest BCUT2D eigenvalue weighted by molar-refractivity contribution is -0.114. The van der Waals surface area contributed by atoms with Crippen molar-refractivity contribution in [1.29, 1.82) is 0 Å². The highest BCUT2D eigenvalue weighted by molar-refractivity contribution is 7.89. The zero-order valence-corrected chi connectivity index (χ0v) is 17.3. The number of nitrogens with zero attached hydrogens (tertiary/aromatic N) is 3. The molecule has 0 atom stereocenters. The predicted molar refractivity (Wildman–Crippen MR) is 109 cm³/mol. The second kappa shape index (κ2) is 8.32. The summed E-state index contributed by atoms with van der Waals surface area (Å²) in [6.45, 7) is 4.79. The van der Waals surface area contributed by atoms with Crippen molar-refractivity contribution >= 4 is 27.4 Å². The Bertz CT molecular complexity index is 962. The van der Waals surface area contributed by atoms with Gasteiger partial charge >= 0.3 is 0 Å². The van der Waals surface area contributed by atoms with E-state index in [-0.39, 0.29) is 12.5 Å². The van der Waals surface area contributed by atoms with Gasteiger partial charge in [-0.1, -0.05) is 12.5 Å². The van der Waals surface area contributed by atoms with Crippen molar-refractivity contribution in [2.45, 2.75) is 38.0 Å². The number of amides is 1. The molecule has 0 aliphatic carbocycles. The third kappa shape index (κ3) is 4.53. The van der Waals surface area contributed by atoms with Gasteiger partial charge in [-0.2, -0.15) is 9.40 Å². The van der Waals surface area contributed by atoms with Crippen molar-refractivity contribution in [3.63, 3.8) is 0 Å². The van der Waals surface area contributed by atoms with E-state index in [0.717, 1.165) is 25.0 Å². The second-order valence-electron chi connectivity index (χ2n) is 7.14. The molecule has 1 amide bonds. The fourth-order valence-electron chi connectivity index (χ4n) is 3.33. The molecule has 9 heteroatoms. The highest BCUT2D eigenvalue weighted by Gasteiger charge is 2.27. The Balaban J connectivity index is 1.69. The molecule has 1 aromatic heterocycles. The van der Waals surface area contributed by atoms with Crippen LogP contribution in [0.2, 0.25) is 0 Å². The number of sulfonamides is 1. The first-order valence-electron chi connectivity index (χ1n) is 9.42. The van der Waals surface area contributed by atoms with Crippen LogP contribution in [0.25, 0.3) is 0 Å². The maximum atomic E-state index is 13.0. The molecule has 0 saturated carbocycles. The van der Waals surface area contributed by atoms with Crippen molar-refractivity contribution < 1.29 is 13.2 Å². The molecule has 1 fully saturated rings. The minimum Gasteiger partial charge on any atom is -0.376 e. The predicted octanol–water partition coefficient (Wildman–Crippen LogP) is 2.26. The van der Waals surface area contributed by atoms with Crippen LogP contribution in [0.1, 0.15) is 30.5 Å². The number of hydrogen-bond acceptors (Lipinski definition) is 5. The van der Waals surface area contributed by atoms with Gasteiger partial charge in [0.15, 0.2) is 0 Å². The van der Waals surface area contributed by atoms with Crippen LogP contribution in [0.5, 0.6) is 0 Å². The van der Waals surface area contributed by atoms with E-state index >= 15 is 0 Å². The van der Waals surface area contributed by atoms with Gasteiger partial charge in [-0.25, -0.2) is 8.42 Å². The molecule has 1 saturated heterocycles. The first-order chi connectivity index (χ1) is 13.3. The molecular formula is C19H27N5O3S. The van der Waals surface area contributed by atoms with E-state index < -0.39 is 10.0 Å². The lowest BCUT2D eigenvalue weighted by atomic mass is 10.2. The molecule has 8 nitrogen and oxygen atoms in total. The van der Waals surface area contributed by atoms with E-state index in [2.05, 4.69) is 15.7 Å². The molecule has 28 heavy (non-hydrogen) atoms. The van der Waals surface area contributed by atoms with E-state index in [4.69, 9.17) is 0 Å². The molecule has 3 rings (SSSR count). The number of carbonyl (C=O) groups is 1. The van der Waals surface area contributed by atoms with Gasteiger partial charge in [-0.15, -0.1) is 0 Å². The largest absolute Gasteiger partial charge is 0.376 e. The Hall–Kier alpha value is -2.39. The monoisotopic (exact) mass is 405 g/mol. The van der Waals surface area contributed by atoms with Crippen molar-refractivity contribution in [1.82, 2.24) is 14.1 Å². The molecule has 152 valence electrons. The molecule has 2 aromatic rings. The summed E-state index contributed by atoms with van der Waals surface area (Å²) in [5.74, 6) is 0.380. The Morgan fingerprint density at radius 3 is 2.50 bits per heavy atom. The normalized spacial score (nSPS) is 15.4. The summed E-state index contributed by atoms with van der Waals surface area (Å²) in [5.41, 5.74) is 2.11. The number of benzene rings is 1. The van der Waals surface area contributed by atoms with Gasteiger partial charge in [0.25, 0.3) is 0 Å². The van der Waals surface area contributed by atoms with Crippen molar-refractivity contribution in [2.75, 3.05) is 30.3 Å². The topological polar surface area (TPSA) is 96.3 Å². The number of carbonyl (C=O) groups excluding carboxylic acids is 1. The first-order valence-corrected chi connectivity index (χ1v) is 10.9. The third-order valence-corrected chi connectivity index (χ3v) is 6.88. The summed E-state index contributed by atoms with van der Waals surface area (Å²) in [7, 11) is -1.77. The van der Waals surface area contributed by atoms with Crippen LogP contribution in [0.3, 0.4) is 0 Å². The zero-order chi connectivity index (χ0) is 20.3. The molecular weight excluding hydrogens is 378 g/mol. The number of hydrogen-bond donors (Lipinski definition) is 2. The highest BCUT2D eigenvalue weighted by Crippen LogP contribution is 2.26. The fourth-order valence-corrected chi connectivity index (χ4v) is 5.10. The molecule has 2 N–H and O–H groups in total. The van der Waals surface area contributed by atoms with Gasteiger partial charge in [0.1, 0.15) is 5.82 Å². The lowest BCUT2D eigenvalue weighted by Gasteiger charge is -2.26. The van der Waals surface area contributed by atoms with Crippen LogP contribution in [-0.4, -0.2) is 48.0 Å². The number of rotatable bonds is 6. The van der Waals surface area contributed by atoms with Gasteiger partial charge in [0, 0.05) is 31.9 Å². The number of anilines is 2. The summed E-state index contributed by atoms with van der Waals surface area (Å²) in [4.78, 5) is 12.5. The molecule has 1 aliphatic heterocycles. The lowest BCUT2D eigenvalue weighted by Crippen LogP contribution is -2.36. The van der Waals surface area contributed by atoms with Crippen molar-refractivity contribution in [2.24, 2.45) is 7.05 Å². The van der Waals surface area contributed by atoms with E-state index in [1.54, 1.807) is 47.2 Å². The van der Waals surface area contributed by atoms with Crippen LogP contribution < -0.4 is 10.6 Å². The number of aromatic nitrogens is 2. The Morgan fingerprint density at radius 2 is 1.86 bits per heavy atom. The van der Waals surface area contributed by atoms with Crippen LogP contribution in [0.15, 0.2) is 29.2 Å². The molecule has 1 aliphatic rings.